The van der Waals surface area contributed by atoms with Crippen LogP contribution in [0.4, 0.5) is 5.69 Å². The lowest BCUT2D eigenvalue weighted by Gasteiger charge is -2.30. The highest BCUT2D eigenvalue weighted by molar-refractivity contribution is 6.07. The van der Waals surface area contributed by atoms with Crippen molar-refractivity contribution >= 4 is 33.5 Å². The van der Waals surface area contributed by atoms with E-state index in [1.807, 2.05) is 49.4 Å². The molecule has 3 aromatic heterocycles. The van der Waals surface area contributed by atoms with Gasteiger partial charge in [0, 0.05) is 11.3 Å². The molecule has 1 aliphatic carbocycles. The van der Waals surface area contributed by atoms with Crippen LogP contribution in [0.15, 0.2) is 58.1 Å². The molecule has 1 amide bonds. The first-order valence-electron chi connectivity index (χ1n) is 12.4. The van der Waals surface area contributed by atoms with E-state index in [1.165, 1.54) is 10.9 Å². The molecule has 0 unspecified atom stereocenters. The Hall–Kier alpha value is -4.47. The molecule has 2 aromatic carbocycles. The molecule has 1 saturated carbocycles. The number of benzene rings is 2. The Balaban J connectivity index is 1.30. The van der Waals surface area contributed by atoms with E-state index in [0.29, 0.717) is 47.6 Å². The minimum Gasteiger partial charge on any atom is -0.490 e. The van der Waals surface area contributed by atoms with E-state index in [0.717, 1.165) is 35.0 Å². The Bertz CT molecular complexity index is 1750. The molecule has 0 spiro atoms. The number of aryl methyl sites for hydroxylation is 1. The first kappa shape index (κ1) is 21.8. The number of carbonyl (C=O) groups is 1. The fourth-order valence-electron chi connectivity index (χ4n) is 5.02. The van der Waals surface area contributed by atoms with Crippen LogP contribution in [-0.2, 0) is 17.9 Å². The smallest absolute Gasteiger partial charge is 0.278 e. The summed E-state index contributed by atoms with van der Waals surface area (Å²) in [5, 5.41) is 4.87. The highest BCUT2D eigenvalue weighted by atomic mass is 16.5. The molecule has 37 heavy (non-hydrogen) atoms. The van der Waals surface area contributed by atoms with Gasteiger partial charge in [-0.25, -0.2) is 4.98 Å². The predicted octanol–water partition coefficient (Wildman–Crippen LogP) is 3.39. The number of aromatic nitrogens is 5. The van der Waals surface area contributed by atoms with Gasteiger partial charge in [-0.15, -0.1) is 0 Å². The summed E-state index contributed by atoms with van der Waals surface area (Å²) < 4.78 is 14.4. The van der Waals surface area contributed by atoms with Crippen LogP contribution < -0.4 is 15.2 Å². The third-order valence-corrected chi connectivity index (χ3v) is 7.04. The lowest BCUT2D eigenvalue weighted by atomic mass is 10.1. The summed E-state index contributed by atoms with van der Waals surface area (Å²) in [6.07, 6.45) is 3.63. The summed E-state index contributed by atoms with van der Waals surface area (Å²) in [6, 6.07) is 13.4. The molecule has 7 rings (SSSR count). The molecular weight excluding hydrogens is 472 g/mol. The quantitative estimate of drug-likeness (QED) is 0.367. The SMILES string of the molecule is Cc1ccc2c(c1)N(C(=O)Cn1c3ccccc3c3ncn(Cc4nc(C5CC5)no4)c(=O)c31)CCO2. The van der Waals surface area contributed by atoms with E-state index in [9.17, 15) is 9.59 Å². The molecular formula is C27H24N6O4. The number of carbonyl (C=O) groups excluding carboxylic acids is 1. The van der Waals surface area contributed by atoms with Crippen molar-refractivity contribution < 1.29 is 14.1 Å². The monoisotopic (exact) mass is 496 g/mol. The van der Waals surface area contributed by atoms with Crippen LogP contribution in [0, 0.1) is 6.92 Å². The van der Waals surface area contributed by atoms with Gasteiger partial charge in [0.15, 0.2) is 5.82 Å². The second-order valence-electron chi connectivity index (χ2n) is 9.66. The van der Waals surface area contributed by atoms with Crippen molar-refractivity contribution in [2.45, 2.75) is 38.8 Å². The molecule has 5 aromatic rings. The maximum atomic E-state index is 13.7. The molecule has 4 heterocycles. The molecule has 1 fully saturated rings. The zero-order valence-corrected chi connectivity index (χ0v) is 20.3. The van der Waals surface area contributed by atoms with Gasteiger partial charge in [-0.05, 0) is 43.5 Å². The standard InChI is InChI=1S/C27H24N6O4/c1-16-6-9-21-20(12-16)32(10-11-36-21)23(34)14-33-19-5-3-2-4-18(19)24-25(33)27(35)31(15-28-24)13-22-29-26(30-37-22)17-7-8-17/h2-6,9,12,15,17H,7-8,10-11,13-14H2,1H3. The zero-order chi connectivity index (χ0) is 25.1. The highest BCUT2D eigenvalue weighted by Crippen LogP contribution is 2.38. The Morgan fingerprint density at radius 1 is 1.16 bits per heavy atom. The lowest BCUT2D eigenvalue weighted by Crippen LogP contribution is -2.40. The van der Waals surface area contributed by atoms with Crippen molar-refractivity contribution in [2.75, 3.05) is 18.1 Å². The first-order chi connectivity index (χ1) is 18.1. The average Bonchev–Trinajstić information content (AvgIpc) is 3.58. The minimum absolute atomic E-state index is 0.00921. The van der Waals surface area contributed by atoms with Crippen LogP contribution in [0.5, 0.6) is 5.75 Å². The third-order valence-electron chi connectivity index (χ3n) is 7.04. The van der Waals surface area contributed by atoms with Gasteiger partial charge in [0.2, 0.25) is 11.8 Å². The van der Waals surface area contributed by atoms with E-state index in [2.05, 4.69) is 15.1 Å². The van der Waals surface area contributed by atoms with Crippen LogP contribution in [0.2, 0.25) is 0 Å². The number of hydrogen-bond acceptors (Lipinski definition) is 7. The molecule has 0 radical (unpaired) electrons. The molecule has 0 saturated heterocycles. The fourth-order valence-corrected chi connectivity index (χ4v) is 5.02. The van der Waals surface area contributed by atoms with Crippen LogP contribution in [-0.4, -0.2) is 43.3 Å². The van der Waals surface area contributed by atoms with E-state index >= 15 is 0 Å². The number of hydrogen-bond donors (Lipinski definition) is 0. The van der Waals surface area contributed by atoms with E-state index < -0.39 is 0 Å². The maximum Gasteiger partial charge on any atom is 0.278 e. The van der Waals surface area contributed by atoms with E-state index in [1.54, 1.807) is 9.47 Å². The third kappa shape index (κ3) is 3.67. The molecule has 0 N–H and O–H groups in total. The van der Waals surface area contributed by atoms with Crippen molar-refractivity contribution in [1.82, 2.24) is 24.3 Å². The summed E-state index contributed by atoms with van der Waals surface area (Å²) in [4.78, 5) is 38.2. The minimum atomic E-state index is -0.265. The van der Waals surface area contributed by atoms with Crippen LogP contribution in [0.3, 0.4) is 0 Å². The summed E-state index contributed by atoms with van der Waals surface area (Å²) in [6.45, 7) is 2.94. The molecule has 10 heteroatoms. The second-order valence-corrected chi connectivity index (χ2v) is 9.66. The average molecular weight is 497 g/mol. The number of ether oxygens (including phenoxy) is 1. The van der Waals surface area contributed by atoms with Gasteiger partial charge in [0.05, 0.1) is 24.1 Å². The largest absolute Gasteiger partial charge is 0.490 e. The summed E-state index contributed by atoms with van der Waals surface area (Å²) in [5.74, 6) is 1.97. The van der Waals surface area contributed by atoms with Gasteiger partial charge < -0.3 is 18.7 Å². The van der Waals surface area contributed by atoms with Gasteiger partial charge in [-0.2, -0.15) is 4.98 Å². The molecule has 2 aliphatic rings. The Labute approximate surface area is 211 Å². The molecule has 186 valence electrons. The highest BCUT2D eigenvalue weighted by Gasteiger charge is 2.29. The van der Waals surface area contributed by atoms with Gasteiger partial charge in [0.1, 0.15) is 36.5 Å². The zero-order valence-electron chi connectivity index (χ0n) is 20.3. The Kier molecular flexibility index (Phi) is 4.88. The molecule has 1 aliphatic heterocycles. The first-order valence-corrected chi connectivity index (χ1v) is 12.4. The Morgan fingerprint density at radius 2 is 2.03 bits per heavy atom. The summed E-state index contributed by atoms with van der Waals surface area (Å²) >= 11 is 0. The van der Waals surface area contributed by atoms with E-state index in [-0.39, 0.29) is 24.6 Å². The lowest BCUT2D eigenvalue weighted by molar-refractivity contribution is -0.119. The second kappa shape index (κ2) is 8.29. The number of fused-ring (bicyclic) bond motifs is 4. The van der Waals surface area contributed by atoms with E-state index in [4.69, 9.17) is 9.26 Å². The molecule has 10 nitrogen and oxygen atoms in total. The van der Waals surface area contributed by atoms with Gasteiger partial charge in [-0.1, -0.05) is 29.4 Å². The molecule has 0 atom stereocenters. The van der Waals surface area contributed by atoms with Gasteiger partial charge in [0.25, 0.3) is 5.56 Å². The van der Waals surface area contributed by atoms with Crippen LogP contribution in [0.1, 0.15) is 36.0 Å². The topological polar surface area (TPSA) is 108 Å². The van der Waals surface area contributed by atoms with Crippen LogP contribution >= 0.6 is 0 Å². The van der Waals surface area contributed by atoms with Crippen molar-refractivity contribution in [2.24, 2.45) is 0 Å². The summed E-state index contributed by atoms with van der Waals surface area (Å²) in [7, 11) is 0. The normalized spacial score (nSPS) is 15.2. The number of anilines is 1. The Morgan fingerprint density at radius 3 is 2.89 bits per heavy atom. The predicted molar refractivity (Wildman–Crippen MR) is 136 cm³/mol. The van der Waals surface area contributed by atoms with Gasteiger partial charge >= 0.3 is 0 Å². The number of nitrogens with zero attached hydrogens (tertiary/aromatic N) is 6. The summed E-state index contributed by atoms with van der Waals surface area (Å²) in [5.41, 5.74) is 3.23. The van der Waals surface area contributed by atoms with Crippen molar-refractivity contribution in [3.8, 4) is 5.75 Å². The number of amides is 1. The molecule has 0 bridgehead atoms. The van der Waals surface area contributed by atoms with Crippen molar-refractivity contribution in [1.29, 1.82) is 0 Å². The van der Waals surface area contributed by atoms with Crippen LogP contribution in [0.25, 0.3) is 21.9 Å². The fraction of sp³-hybridized carbons (Fsp3) is 0.296. The number of rotatable bonds is 5. The van der Waals surface area contributed by atoms with Gasteiger partial charge in [-0.3, -0.25) is 14.2 Å². The number of para-hydroxylation sites is 1. The maximum absolute atomic E-state index is 13.7. The van der Waals surface area contributed by atoms with Crippen molar-refractivity contribution in [3.05, 3.63) is 76.4 Å². The van der Waals surface area contributed by atoms with Crippen molar-refractivity contribution in [3.63, 3.8) is 0 Å².